The molecule has 0 spiro atoms. The van der Waals surface area contributed by atoms with Crippen molar-refractivity contribution in [1.82, 2.24) is 0 Å². The van der Waals surface area contributed by atoms with Crippen LogP contribution in [-0.2, 0) is 11.2 Å². The molecular weight excluding hydrogens is 250 g/mol. The first kappa shape index (κ1) is 14.0. The van der Waals surface area contributed by atoms with Crippen molar-refractivity contribution < 1.29 is 18.7 Å². The molecule has 0 amide bonds. The minimum atomic E-state index is -0.857. The van der Waals surface area contributed by atoms with Crippen molar-refractivity contribution in [2.45, 2.75) is 39.0 Å². The lowest BCUT2D eigenvalue weighted by Crippen LogP contribution is -2.21. The molecule has 0 bridgehead atoms. The number of phenolic OH excluding ortho intramolecular Hbond substituents is 1. The van der Waals surface area contributed by atoms with Crippen molar-refractivity contribution >= 4 is 5.78 Å². The van der Waals surface area contributed by atoms with Gasteiger partial charge in [-0.15, -0.1) is 0 Å². The van der Waals surface area contributed by atoms with Gasteiger partial charge in [0.05, 0.1) is 0 Å². The Morgan fingerprint density at radius 1 is 1.32 bits per heavy atom. The monoisotopic (exact) mass is 268 g/mol. The number of carbonyl (C=O) groups is 1. The van der Waals surface area contributed by atoms with Gasteiger partial charge < -0.3 is 5.11 Å². The number of aromatic hydroxyl groups is 1. The molecule has 2 rings (SSSR count). The Hall–Kier alpha value is -1.45. The van der Waals surface area contributed by atoms with Crippen LogP contribution in [0.15, 0.2) is 12.1 Å². The number of ketones is 1. The topological polar surface area (TPSA) is 37.3 Å². The van der Waals surface area contributed by atoms with Gasteiger partial charge in [0.15, 0.2) is 0 Å². The Bertz CT molecular complexity index is 456. The number of benzene rings is 1. The summed E-state index contributed by atoms with van der Waals surface area (Å²) >= 11 is 0. The van der Waals surface area contributed by atoms with E-state index in [0.717, 1.165) is 37.8 Å². The van der Waals surface area contributed by atoms with Gasteiger partial charge in [0.2, 0.25) is 0 Å². The van der Waals surface area contributed by atoms with E-state index in [1.165, 1.54) is 0 Å². The lowest BCUT2D eigenvalue weighted by Gasteiger charge is -2.17. The summed E-state index contributed by atoms with van der Waals surface area (Å²) in [6.45, 7) is 1.84. The van der Waals surface area contributed by atoms with Crippen LogP contribution in [0.3, 0.4) is 0 Å². The van der Waals surface area contributed by atoms with E-state index < -0.39 is 17.4 Å². The molecule has 1 aromatic carbocycles. The highest BCUT2D eigenvalue weighted by Crippen LogP contribution is 2.32. The Morgan fingerprint density at radius 3 is 2.37 bits per heavy atom. The van der Waals surface area contributed by atoms with Crippen LogP contribution < -0.4 is 0 Å². The largest absolute Gasteiger partial charge is 0.508 e. The summed E-state index contributed by atoms with van der Waals surface area (Å²) in [5, 5.41) is 9.07. The zero-order chi connectivity index (χ0) is 14.0. The standard InChI is InChI=1S/C15H18F2O2/c1-9(10-4-2-3-5-10)15(19)8-12-13(16)6-11(18)7-14(12)17/h6-7,9-10,18H,2-5,8H2,1H3. The minimum Gasteiger partial charge on any atom is -0.508 e. The SMILES string of the molecule is CC(C(=O)Cc1c(F)cc(O)cc1F)C1CCCC1. The fourth-order valence-corrected chi connectivity index (χ4v) is 2.81. The van der Waals surface area contributed by atoms with Crippen molar-refractivity contribution in [3.8, 4) is 5.75 Å². The molecule has 1 N–H and O–H groups in total. The zero-order valence-electron chi connectivity index (χ0n) is 11.0. The van der Waals surface area contributed by atoms with Crippen molar-refractivity contribution in [3.63, 3.8) is 0 Å². The summed E-state index contributed by atoms with van der Waals surface area (Å²) in [6.07, 6.45) is 4.06. The van der Waals surface area contributed by atoms with Gasteiger partial charge in [-0.2, -0.15) is 0 Å². The Kier molecular flexibility index (Phi) is 4.17. The molecule has 0 radical (unpaired) electrons. The summed E-state index contributed by atoms with van der Waals surface area (Å²) in [4.78, 5) is 12.1. The van der Waals surface area contributed by atoms with Crippen LogP contribution in [-0.4, -0.2) is 10.9 Å². The van der Waals surface area contributed by atoms with Crippen molar-refractivity contribution in [1.29, 1.82) is 0 Å². The number of phenols is 1. The van der Waals surface area contributed by atoms with Crippen LogP contribution >= 0.6 is 0 Å². The molecule has 1 aliphatic carbocycles. The predicted molar refractivity (Wildman–Crippen MR) is 67.9 cm³/mol. The van der Waals surface area contributed by atoms with Gasteiger partial charge in [-0.3, -0.25) is 4.79 Å². The maximum Gasteiger partial charge on any atom is 0.140 e. The maximum atomic E-state index is 13.6. The third-order valence-corrected chi connectivity index (χ3v) is 4.09. The van der Waals surface area contributed by atoms with Crippen LogP contribution in [0.25, 0.3) is 0 Å². The second-order valence-corrected chi connectivity index (χ2v) is 5.36. The van der Waals surface area contributed by atoms with Gasteiger partial charge in [0.1, 0.15) is 23.2 Å². The van der Waals surface area contributed by atoms with Gasteiger partial charge in [0, 0.05) is 30.0 Å². The first-order valence-electron chi connectivity index (χ1n) is 6.68. The fraction of sp³-hybridized carbons (Fsp3) is 0.533. The molecule has 1 aliphatic rings. The van der Waals surface area contributed by atoms with Crippen LogP contribution in [0.1, 0.15) is 38.2 Å². The smallest absolute Gasteiger partial charge is 0.140 e. The van der Waals surface area contributed by atoms with Crippen molar-refractivity contribution in [2.75, 3.05) is 0 Å². The molecule has 104 valence electrons. The Labute approximate surface area is 111 Å². The fourth-order valence-electron chi connectivity index (χ4n) is 2.81. The number of Topliss-reactive ketones (excluding diaryl/α,β-unsaturated/α-hetero) is 1. The van der Waals surface area contributed by atoms with E-state index in [1.54, 1.807) is 0 Å². The highest BCUT2D eigenvalue weighted by molar-refractivity contribution is 5.83. The molecule has 1 unspecified atom stereocenters. The third kappa shape index (κ3) is 3.11. The Balaban J connectivity index is 2.10. The van der Waals surface area contributed by atoms with Gasteiger partial charge in [-0.1, -0.05) is 19.8 Å². The third-order valence-electron chi connectivity index (χ3n) is 4.09. The van der Waals surface area contributed by atoms with Crippen molar-refractivity contribution in [3.05, 3.63) is 29.3 Å². The van der Waals surface area contributed by atoms with Gasteiger partial charge >= 0.3 is 0 Å². The molecule has 0 aromatic heterocycles. The molecule has 0 saturated heterocycles. The number of hydrogen-bond donors (Lipinski definition) is 1. The molecule has 1 aromatic rings. The van der Waals surface area contributed by atoms with Crippen LogP contribution in [0.4, 0.5) is 8.78 Å². The zero-order valence-corrected chi connectivity index (χ0v) is 11.0. The molecule has 2 nitrogen and oxygen atoms in total. The minimum absolute atomic E-state index is 0.129. The molecule has 4 heteroatoms. The molecular formula is C15H18F2O2. The van der Waals surface area contributed by atoms with E-state index in [-0.39, 0.29) is 23.7 Å². The normalized spacial score (nSPS) is 17.6. The Morgan fingerprint density at radius 2 is 1.84 bits per heavy atom. The molecule has 1 atom stereocenters. The van der Waals surface area contributed by atoms with E-state index in [2.05, 4.69) is 0 Å². The molecule has 1 fully saturated rings. The van der Waals surface area contributed by atoms with Crippen LogP contribution in [0.5, 0.6) is 5.75 Å². The molecule has 1 saturated carbocycles. The van der Waals surface area contributed by atoms with E-state index >= 15 is 0 Å². The molecule has 0 heterocycles. The average molecular weight is 268 g/mol. The molecule has 0 aliphatic heterocycles. The number of hydrogen-bond acceptors (Lipinski definition) is 2. The average Bonchev–Trinajstić information content (AvgIpc) is 2.86. The second kappa shape index (κ2) is 5.68. The quantitative estimate of drug-likeness (QED) is 0.905. The summed E-state index contributed by atoms with van der Waals surface area (Å²) in [5.41, 5.74) is -0.243. The van der Waals surface area contributed by atoms with Crippen LogP contribution in [0.2, 0.25) is 0 Å². The summed E-state index contributed by atoms with van der Waals surface area (Å²) in [5.74, 6) is -2.12. The van der Waals surface area contributed by atoms with Crippen molar-refractivity contribution in [2.24, 2.45) is 11.8 Å². The lowest BCUT2D eigenvalue weighted by atomic mass is 9.86. The van der Waals surface area contributed by atoms with E-state index in [9.17, 15) is 13.6 Å². The summed E-state index contributed by atoms with van der Waals surface area (Å²) in [6, 6.07) is 1.68. The van der Waals surface area contributed by atoms with E-state index in [0.29, 0.717) is 5.92 Å². The number of carbonyl (C=O) groups excluding carboxylic acids is 1. The lowest BCUT2D eigenvalue weighted by molar-refractivity contribution is -0.123. The highest BCUT2D eigenvalue weighted by atomic mass is 19.1. The van der Waals surface area contributed by atoms with Gasteiger partial charge in [-0.25, -0.2) is 8.78 Å². The second-order valence-electron chi connectivity index (χ2n) is 5.36. The molecule has 19 heavy (non-hydrogen) atoms. The summed E-state index contributed by atoms with van der Waals surface area (Å²) in [7, 11) is 0. The first-order valence-corrected chi connectivity index (χ1v) is 6.68. The number of rotatable bonds is 4. The number of halogens is 2. The summed E-state index contributed by atoms with van der Waals surface area (Å²) < 4.78 is 27.1. The highest BCUT2D eigenvalue weighted by Gasteiger charge is 2.27. The van der Waals surface area contributed by atoms with E-state index in [4.69, 9.17) is 5.11 Å². The first-order chi connectivity index (χ1) is 8.99. The van der Waals surface area contributed by atoms with Crippen LogP contribution in [0, 0.1) is 23.5 Å². The van der Waals surface area contributed by atoms with E-state index in [1.807, 2.05) is 6.92 Å². The predicted octanol–water partition coefficient (Wildman–Crippen LogP) is 3.61. The van der Waals surface area contributed by atoms with Gasteiger partial charge in [0.25, 0.3) is 0 Å². The van der Waals surface area contributed by atoms with Gasteiger partial charge in [-0.05, 0) is 18.8 Å². The maximum absolute atomic E-state index is 13.6.